The molecule has 2 aliphatic rings. The van der Waals surface area contributed by atoms with Crippen LogP contribution in [0.1, 0.15) is 18.4 Å². The van der Waals surface area contributed by atoms with Crippen molar-refractivity contribution in [2.45, 2.75) is 31.0 Å². The van der Waals surface area contributed by atoms with E-state index in [4.69, 9.17) is 27.9 Å². The van der Waals surface area contributed by atoms with Gasteiger partial charge in [-0.05, 0) is 37.1 Å². The van der Waals surface area contributed by atoms with Crippen molar-refractivity contribution in [1.82, 2.24) is 20.4 Å². The maximum absolute atomic E-state index is 13.2. The number of carbonyl (C=O) groups is 3. The summed E-state index contributed by atoms with van der Waals surface area (Å²) >= 11 is 12.5. The molecule has 2 aliphatic heterocycles. The fourth-order valence-corrected chi connectivity index (χ4v) is 5.52. The predicted octanol–water partition coefficient (Wildman–Crippen LogP) is 3.10. The van der Waals surface area contributed by atoms with Crippen LogP contribution in [0.5, 0.6) is 0 Å². The molecule has 0 aromatic heterocycles. The summed E-state index contributed by atoms with van der Waals surface area (Å²) in [6.45, 7) is 1.59. The normalized spacial score (nSPS) is 17.7. The van der Waals surface area contributed by atoms with Gasteiger partial charge in [0.2, 0.25) is 5.91 Å². The molecule has 0 radical (unpaired) electrons. The smallest absolute Gasteiger partial charge is 0.324 e. The summed E-state index contributed by atoms with van der Waals surface area (Å²) < 4.78 is 4.90. The van der Waals surface area contributed by atoms with Gasteiger partial charge in [0.05, 0.1) is 13.8 Å². The molecular formula is C26H31Cl2N5O4. The predicted molar refractivity (Wildman–Crippen MR) is 143 cm³/mol. The molecule has 2 heterocycles. The Morgan fingerprint density at radius 2 is 1.70 bits per heavy atom. The molecule has 2 aromatic rings. The van der Waals surface area contributed by atoms with Crippen LogP contribution >= 0.6 is 23.2 Å². The van der Waals surface area contributed by atoms with Gasteiger partial charge in [-0.15, -0.1) is 0 Å². The van der Waals surface area contributed by atoms with E-state index >= 15 is 0 Å². The fraction of sp³-hybridized carbons (Fsp3) is 0.423. The summed E-state index contributed by atoms with van der Waals surface area (Å²) in [6.07, 6.45) is 1.03. The van der Waals surface area contributed by atoms with Crippen molar-refractivity contribution in [2.24, 2.45) is 0 Å². The van der Waals surface area contributed by atoms with Crippen LogP contribution in [0.25, 0.3) is 0 Å². The van der Waals surface area contributed by atoms with E-state index in [2.05, 4.69) is 15.5 Å². The summed E-state index contributed by atoms with van der Waals surface area (Å²) in [5.74, 6) is -0.441. The van der Waals surface area contributed by atoms with E-state index in [9.17, 15) is 14.4 Å². The maximum Gasteiger partial charge on any atom is 0.324 e. The topological polar surface area (TPSA) is 94.2 Å². The van der Waals surface area contributed by atoms with Crippen molar-refractivity contribution in [3.63, 3.8) is 0 Å². The lowest BCUT2D eigenvalue weighted by atomic mass is 9.85. The van der Waals surface area contributed by atoms with Gasteiger partial charge in [0, 0.05) is 54.5 Å². The molecule has 4 rings (SSSR count). The van der Waals surface area contributed by atoms with Gasteiger partial charge in [-0.2, -0.15) is 0 Å². The molecule has 2 saturated heterocycles. The van der Waals surface area contributed by atoms with E-state index < -0.39 is 17.6 Å². The minimum Gasteiger partial charge on any atom is -0.468 e. The quantitative estimate of drug-likeness (QED) is 0.517. The Kier molecular flexibility index (Phi) is 8.46. The van der Waals surface area contributed by atoms with Gasteiger partial charge < -0.3 is 24.8 Å². The largest absolute Gasteiger partial charge is 0.468 e. The molecule has 2 N–H and O–H groups in total. The molecule has 3 amide bonds. The number of rotatable bonds is 7. The molecular weight excluding hydrogens is 517 g/mol. The summed E-state index contributed by atoms with van der Waals surface area (Å²) in [5.41, 5.74) is 0.974. The highest BCUT2D eigenvalue weighted by atomic mass is 35.5. The van der Waals surface area contributed by atoms with Crippen LogP contribution in [0.15, 0.2) is 48.5 Å². The number of nitrogens with one attached hydrogen (secondary N) is 2. The molecule has 2 aromatic carbocycles. The number of nitrogens with zero attached hydrogens (tertiary/aromatic N) is 3. The number of hydrogen-bond donors (Lipinski definition) is 2. The number of likely N-dealkylation sites (tertiary alicyclic amines) is 1. The first kappa shape index (κ1) is 27.0. The number of ether oxygens (including phenoxy) is 1. The summed E-state index contributed by atoms with van der Waals surface area (Å²) in [6, 6.07) is 14.0. The van der Waals surface area contributed by atoms with E-state index in [0.717, 1.165) is 5.69 Å². The molecule has 198 valence electrons. The minimum absolute atomic E-state index is 0.0209. The van der Waals surface area contributed by atoms with Gasteiger partial charge in [0.1, 0.15) is 11.6 Å². The Hall–Kier alpha value is -3.01. The molecule has 2 fully saturated rings. The number of halogens is 2. The van der Waals surface area contributed by atoms with Crippen molar-refractivity contribution >= 4 is 46.8 Å². The number of hydrogen-bond acceptors (Lipinski definition) is 6. The molecule has 1 spiro atoms. The van der Waals surface area contributed by atoms with E-state index in [1.165, 1.54) is 7.11 Å². The van der Waals surface area contributed by atoms with Crippen LogP contribution in [0, 0.1) is 0 Å². The third kappa shape index (κ3) is 5.63. The average molecular weight is 548 g/mol. The van der Waals surface area contributed by atoms with Crippen LogP contribution < -0.4 is 15.5 Å². The van der Waals surface area contributed by atoms with Gasteiger partial charge in [0.25, 0.3) is 0 Å². The van der Waals surface area contributed by atoms with Crippen molar-refractivity contribution in [3.8, 4) is 0 Å². The second kappa shape index (κ2) is 11.6. The summed E-state index contributed by atoms with van der Waals surface area (Å²) in [5, 5.41) is 6.85. The number of urea groups is 1. The molecule has 0 bridgehead atoms. The number of esters is 1. The number of carbonyl (C=O) groups excluding carboxylic acids is 3. The molecule has 9 nitrogen and oxygen atoms in total. The van der Waals surface area contributed by atoms with E-state index in [1.807, 2.05) is 37.4 Å². The number of methoxy groups -OCH3 is 1. The van der Waals surface area contributed by atoms with Gasteiger partial charge in [-0.3, -0.25) is 14.9 Å². The zero-order valence-electron chi connectivity index (χ0n) is 20.9. The highest BCUT2D eigenvalue weighted by Crippen LogP contribution is 2.38. The number of para-hydroxylation sites is 1. The molecule has 1 unspecified atom stereocenters. The van der Waals surface area contributed by atoms with Crippen molar-refractivity contribution in [1.29, 1.82) is 0 Å². The Bertz CT molecular complexity index is 1120. The maximum atomic E-state index is 13.2. The summed E-state index contributed by atoms with van der Waals surface area (Å²) in [7, 11) is 3.10. The number of amides is 3. The monoisotopic (exact) mass is 547 g/mol. The fourth-order valence-electron chi connectivity index (χ4n) is 4.99. The van der Waals surface area contributed by atoms with E-state index in [1.54, 1.807) is 28.0 Å². The van der Waals surface area contributed by atoms with E-state index in [-0.39, 0.29) is 25.0 Å². The second-order valence-electron chi connectivity index (χ2n) is 9.27. The Balaban J connectivity index is 1.36. The highest BCUT2D eigenvalue weighted by Gasteiger charge is 2.53. The first-order valence-corrected chi connectivity index (χ1v) is 12.9. The summed E-state index contributed by atoms with van der Waals surface area (Å²) in [4.78, 5) is 44.1. The zero-order chi connectivity index (χ0) is 26.6. The third-order valence-corrected chi connectivity index (χ3v) is 7.80. The van der Waals surface area contributed by atoms with Crippen LogP contribution in [0.3, 0.4) is 0 Å². The third-order valence-electron chi connectivity index (χ3n) is 7.09. The minimum atomic E-state index is -0.795. The first-order chi connectivity index (χ1) is 17.8. The lowest BCUT2D eigenvalue weighted by molar-refractivity contribution is -0.143. The number of piperidine rings is 1. The Morgan fingerprint density at radius 3 is 2.32 bits per heavy atom. The van der Waals surface area contributed by atoms with Crippen molar-refractivity contribution < 1.29 is 19.1 Å². The second-order valence-corrected chi connectivity index (χ2v) is 10.1. The SMILES string of the molecule is COC(=O)C(CNC(=O)N1CCC2(CC1)C(=O)N(C)CN2c1ccccc1)NCc1c(Cl)cccc1Cl. The van der Waals surface area contributed by atoms with E-state index in [0.29, 0.717) is 48.2 Å². The van der Waals surface area contributed by atoms with Crippen LogP contribution in [-0.4, -0.2) is 79.7 Å². The number of anilines is 1. The lowest BCUT2D eigenvalue weighted by Gasteiger charge is -2.43. The van der Waals surface area contributed by atoms with Gasteiger partial charge in [0.15, 0.2) is 0 Å². The first-order valence-electron chi connectivity index (χ1n) is 12.1. The molecule has 0 saturated carbocycles. The standard InChI is InChI=1S/C26H31Cl2N5O4/c1-31-17-33(18-7-4-3-5-8-18)26(24(31)35)11-13-32(14-12-26)25(36)30-16-22(23(34)37-2)29-15-19-20(27)9-6-10-21(19)28/h3-10,22,29H,11-17H2,1-2H3,(H,30,36). The molecule has 1 atom stereocenters. The van der Waals surface area contributed by atoms with Crippen LogP contribution in [-0.2, 0) is 20.9 Å². The lowest BCUT2D eigenvalue weighted by Crippen LogP contribution is -2.59. The molecule has 0 aliphatic carbocycles. The Labute approximate surface area is 226 Å². The van der Waals surface area contributed by atoms with Crippen LogP contribution in [0.2, 0.25) is 10.0 Å². The van der Waals surface area contributed by atoms with Crippen molar-refractivity contribution in [2.75, 3.05) is 45.4 Å². The number of likely N-dealkylation sites (N-methyl/N-ethyl adjacent to an activating group) is 1. The molecule has 37 heavy (non-hydrogen) atoms. The zero-order valence-corrected chi connectivity index (χ0v) is 22.4. The molecule has 11 heteroatoms. The average Bonchev–Trinajstić information content (AvgIpc) is 3.15. The van der Waals surface area contributed by atoms with Crippen molar-refractivity contribution in [3.05, 3.63) is 64.1 Å². The van der Waals surface area contributed by atoms with Gasteiger partial charge in [-0.1, -0.05) is 47.5 Å². The highest BCUT2D eigenvalue weighted by molar-refractivity contribution is 6.36. The Morgan fingerprint density at radius 1 is 1.05 bits per heavy atom. The van der Waals surface area contributed by atoms with Gasteiger partial charge >= 0.3 is 12.0 Å². The number of benzene rings is 2. The van der Waals surface area contributed by atoms with Crippen LogP contribution in [0.4, 0.5) is 10.5 Å². The van der Waals surface area contributed by atoms with Gasteiger partial charge in [-0.25, -0.2) is 4.79 Å².